The van der Waals surface area contributed by atoms with E-state index in [1.165, 1.54) is 77.7 Å². The van der Waals surface area contributed by atoms with Gasteiger partial charge in [0, 0.05) is 23.0 Å². The number of rotatable bonds is 4. The van der Waals surface area contributed by atoms with Crippen LogP contribution in [0.4, 0.5) is 0 Å². The van der Waals surface area contributed by atoms with Crippen molar-refractivity contribution in [2.45, 2.75) is 131 Å². The number of hydrogen-bond donors (Lipinski definition) is 0. The molecule has 10 aromatic rings. The van der Waals surface area contributed by atoms with E-state index in [-0.39, 0.29) is 21.7 Å². The van der Waals surface area contributed by atoms with Gasteiger partial charge in [-0.25, -0.2) is 4.98 Å². The Morgan fingerprint density at radius 3 is 1.73 bits per heavy atom. The Kier molecular flexibility index (Phi) is 10.0. The lowest BCUT2D eigenvalue weighted by molar-refractivity contribution is -0.573. The molecule has 4 heterocycles. The van der Waals surface area contributed by atoms with Gasteiger partial charge in [-0.05, 0) is 152 Å². The summed E-state index contributed by atoms with van der Waals surface area (Å²) in [6.07, 6.45) is 5.89. The van der Waals surface area contributed by atoms with Crippen LogP contribution in [0.1, 0.15) is 144 Å². The van der Waals surface area contributed by atoms with E-state index in [0.29, 0.717) is 0 Å². The third-order valence-electron chi connectivity index (χ3n) is 16.0. The van der Waals surface area contributed by atoms with Crippen LogP contribution in [-0.4, -0.2) is 14.1 Å². The van der Waals surface area contributed by atoms with E-state index < -0.39 is 5.41 Å². The molecule has 0 atom stereocenters. The molecule has 5 nitrogen and oxygen atoms in total. The lowest BCUT2D eigenvalue weighted by atomic mass is 9.60. The maximum absolute atomic E-state index is 7.15. The lowest BCUT2D eigenvalue weighted by Gasteiger charge is -2.44. The SMILES string of the molecule is Cc1cc(C)c(-[n+]2[c-]n3c4c(cccc42)C2(c4ccc(Oc5ccc6c7ccccc7n(-c7ccccn7)c6c5)cc4-3)c3c(cc(C(C)(C)C)cc3C(C)(C)C)-c3cc(C(C)(C)C)cc(C(C)(C)C)c32)c(C)c1. The Labute approximate surface area is 432 Å². The van der Waals surface area contributed by atoms with Gasteiger partial charge >= 0.3 is 0 Å². The molecule has 366 valence electrons. The minimum absolute atomic E-state index is 0.0793. The zero-order valence-electron chi connectivity index (χ0n) is 45.5. The second kappa shape index (κ2) is 15.6. The monoisotopic (exact) mass is 957 g/mol. The molecule has 5 heteroatoms. The maximum Gasteiger partial charge on any atom is 0.269 e. The number of aromatic nitrogens is 4. The van der Waals surface area contributed by atoms with E-state index in [1.807, 2.05) is 18.3 Å². The van der Waals surface area contributed by atoms with Gasteiger partial charge in [-0.3, -0.25) is 13.7 Å². The number of para-hydroxylation sites is 2. The topological polar surface area (TPSA) is 35.9 Å². The van der Waals surface area contributed by atoms with Crippen molar-refractivity contribution in [1.29, 1.82) is 0 Å². The highest BCUT2D eigenvalue weighted by Gasteiger charge is 2.55. The number of imidazole rings is 1. The van der Waals surface area contributed by atoms with Crippen LogP contribution in [0.25, 0.3) is 61.2 Å². The van der Waals surface area contributed by atoms with E-state index in [1.54, 1.807) is 0 Å². The van der Waals surface area contributed by atoms with Gasteiger partial charge in [-0.15, -0.1) is 0 Å². The molecule has 0 radical (unpaired) electrons. The average molecular weight is 957 g/mol. The Morgan fingerprint density at radius 2 is 1.12 bits per heavy atom. The van der Waals surface area contributed by atoms with Crippen molar-refractivity contribution in [3.05, 3.63) is 207 Å². The molecule has 73 heavy (non-hydrogen) atoms. The standard InChI is InChI=1S/C68H68N4O/c1-40-31-41(2)62(42(3)32-40)70-39-71-58-38-46(73-45-26-28-48-47-21-16-17-23-55(47)72(57(48)37-45)59-25-18-19-30-69-59)27-29-51(58)68(52-22-20-24-56(70)63(52)71)60-49(33-43(64(4,5)6)35-53(60)66(10,11)12)50-34-44(65(7,8)9)36-54(61(50)68)67(13,14)15/h16-38H,1-15H3. The first-order valence-electron chi connectivity index (χ1n) is 26.2. The van der Waals surface area contributed by atoms with Crippen LogP contribution >= 0.6 is 0 Å². The predicted octanol–water partition coefficient (Wildman–Crippen LogP) is 16.8. The van der Waals surface area contributed by atoms with Crippen molar-refractivity contribution < 1.29 is 9.30 Å². The zero-order valence-corrected chi connectivity index (χ0v) is 45.5. The van der Waals surface area contributed by atoms with Crippen molar-refractivity contribution in [2.75, 3.05) is 0 Å². The summed E-state index contributed by atoms with van der Waals surface area (Å²) < 4.78 is 14.1. The molecule has 2 aliphatic rings. The second-order valence-electron chi connectivity index (χ2n) is 25.3. The molecule has 12 rings (SSSR count). The van der Waals surface area contributed by atoms with Crippen LogP contribution < -0.4 is 9.30 Å². The molecular weight excluding hydrogens is 889 g/mol. The third-order valence-corrected chi connectivity index (χ3v) is 16.0. The first-order valence-corrected chi connectivity index (χ1v) is 26.2. The van der Waals surface area contributed by atoms with Crippen LogP contribution in [0.3, 0.4) is 0 Å². The van der Waals surface area contributed by atoms with E-state index in [0.717, 1.165) is 56.1 Å². The third kappa shape index (κ3) is 6.94. The maximum atomic E-state index is 7.15. The fourth-order valence-electron chi connectivity index (χ4n) is 12.7. The molecule has 0 bridgehead atoms. The highest BCUT2D eigenvalue weighted by atomic mass is 16.5. The zero-order chi connectivity index (χ0) is 51.5. The molecule has 1 aliphatic carbocycles. The van der Waals surface area contributed by atoms with Gasteiger partial charge in [-0.1, -0.05) is 174 Å². The van der Waals surface area contributed by atoms with Crippen LogP contribution in [0.2, 0.25) is 0 Å². The number of nitrogens with zero attached hydrogens (tertiary/aromatic N) is 4. The lowest BCUT2D eigenvalue weighted by Crippen LogP contribution is -2.38. The van der Waals surface area contributed by atoms with Gasteiger partial charge in [0.15, 0.2) is 0 Å². The average Bonchev–Trinajstić information content (AvgIpc) is 4.02. The summed E-state index contributed by atoms with van der Waals surface area (Å²) in [6, 6.07) is 49.9. The van der Waals surface area contributed by atoms with E-state index in [2.05, 4.69) is 245 Å². The minimum Gasteiger partial charge on any atom is -0.458 e. The molecule has 0 saturated carbocycles. The van der Waals surface area contributed by atoms with Crippen molar-refractivity contribution in [1.82, 2.24) is 14.1 Å². The number of aryl methyl sites for hydroxylation is 3. The summed E-state index contributed by atoms with van der Waals surface area (Å²) in [6.45, 7) is 35.3. The molecule has 0 N–H and O–H groups in total. The van der Waals surface area contributed by atoms with Crippen LogP contribution in [0.5, 0.6) is 11.5 Å². The summed E-state index contributed by atoms with van der Waals surface area (Å²) in [5.74, 6) is 2.38. The van der Waals surface area contributed by atoms with Crippen molar-refractivity contribution in [3.8, 4) is 39.8 Å². The largest absolute Gasteiger partial charge is 0.458 e. The number of hydrogen-bond acceptors (Lipinski definition) is 2. The van der Waals surface area contributed by atoms with Gasteiger partial charge in [0.05, 0.1) is 38.9 Å². The molecule has 1 spiro atoms. The van der Waals surface area contributed by atoms with Gasteiger partial charge < -0.3 is 4.74 Å². The second-order valence-corrected chi connectivity index (χ2v) is 25.3. The minimum atomic E-state index is -0.712. The van der Waals surface area contributed by atoms with Gasteiger partial charge in [0.2, 0.25) is 0 Å². The molecule has 0 fully saturated rings. The Bertz CT molecular complexity index is 3840. The number of fused-ring (bicyclic) bond motifs is 12. The molecule has 0 amide bonds. The van der Waals surface area contributed by atoms with Crippen LogP contribution in [0.15, 0.2) is 140 Å². The number of benzene rings is 7. The Balaban J connectivity index is 1.21. The van der Waals surface area contributed by atoms with Crippen LogP contribution in [0, 0.1) is 27.1 Å². The number of ether oxygens (including phenoxy) is 1. The van der Waals surface area contributed by atoms with E-state index in [9.17, 15) is 0 Å². The van der Waals surface area contributed by atoms with Crippen LogP contribution in [-0.2, 0) is 27.1 Å². The quantitative estimate of drug-likeness (QED) is 0.130. The molecule has 3 aromatic heterocycles. The van der Waals surface area contributed by atoms with Gasteiger partial charge in [-0.2, -0.15) is 0 Å². The highest BCUT2D eigenvalue weighted by molar-refractivity contribution is 6.09. The van der Waals surface area contributed by atoms with Crippen molar-refractivity contribution in [3.63, 3.8) is 0 Å². The predicted molar refractivity (Wildman–Crippen MR) is 302 cm³/mol. The molecule has 0 saturated heterocycles. The molecule has 7 aromatic carbocycles. The normalized spacial score (nSPS) is 14.1. The summed E-state index contributed by atoms with van der Waals surface area (Å²) >= 11 is 0. The summed E-state index contributed by atoms with van der Waals surface area (Å²) in [5, 5.41) is 2.33. The summed E-state index contributed by atoms with van der Waals surface area (Å²) in [4.78, 5) is 4.82. The summed E-state index contributed by atoms with van der Waals surface area (Å²) in [7, 11) is 0. The van der Waals surface area contributed by atoms with Gasteiger partial charge in [0.25, 0.3) is 6.33 Å². The number of pyridine rings is 1. The Morgan fingerprint density at radius 1 is 0.534 bits per heavy atom. The van der Waals surface area contributed by atoms with E-state index in [4.69, 9.17) is 9.72 Å². The fraction of sp³-hybridized carbons (Fsp3) is 0.294. The van der Waals surface area contributed by atoms with Crippen molar-refractivity contribution >= 4 is 32.8 Å². The fourth-order valence-corrected chi connectivity index (χ4v) is 12.7. The first kappa shape index (κ1) is 46.8. The smallest absolute Gasteiger partial charge is 0.269 e. The molecule has 1 aliphatic heterocycles. The highest BCUT2D eigenvalue weighted by Crippen LogP contribution is 2.65. The molecule has 0 unspecified atom stereocenters. The van der Waals surface area contributed by atoms with E-state index >= 15 is 0 Å². The first-order chi connectivity index (χ1) is 34.5. The van der Waals surface area contributed by atoms with Gasteiger partial charge in [0.1, 0.15) is 17.3 Å². The Hall–Kier alpha value is -7.24. The molecular formula is C68H68N4O. The summed E-state index contributed by atoms with van der Waals surface area (Å²) in [5.41, 5.74) is 22.5. The van der Waals surface area contributed by atoms with Crippen molar-refractivity contribution in [2.24, 2.45) is 0 Å².